The summed E-state index contributed by atoms with van der Waals surface area (Å²) in [5.41, 5.74) is 10.3. The monoisotopic (exact) mass is 275 g/mol. The van der Waals surface area contributed by atoms with E-state index >= 15 is 0 Å². The molecular weight excluding hydrogens is 250 g/mol. The molecule has 1 saturated carbocycles. The number of benzene rings is 1. The van der Waals surface area contributed by atoms with Gasteiger partial charge in [0.2, 0.25) is 0 Å². The number of fused-ring (bicyclic) bond motifs is 1. The van der Waals surface area contributed by atoms with Crippen molar-refractivity contribution in [3.05, 3.63) is 22.8 Å². The van der Waals surface area contributed by atoms with Crippen LogP contribution in [0.25, 0.3) is 0 Å². The maximum absolute atomic E-state index is 6.19. The molecule has 110 valence electrons. The topological polar surface area (TPSA) is 44.5 Å². The zero-order chi connectivity index (χ0) is 14.2. The molecule has 3 nitrogen and oxygen atoms in total. The van der Waals surface area contributed by atoms with Crippen LogP contribution in [0.4, 0.5) is 0 Å². The molecule has 1 aliphatic carbocycles. The Morgan fingerprint density at radius 1 is 1.05 bits per heavy atom. The summed E-state index contributed by atoms with van der Waals surface area (Å²) in [7, 11) is 0. The highest BCUT2D eigenvalue weighted by atomic mass is 16.6. The minimum Gasteiger partial charge on any atom is -0.486 e. The Morgan fingerprint density at radius 3 is 2.45 bits per heavy atom. The van der Waals surface area contributed by atoms with Crippen LogP contribution < -0.4 is 15.2 Å². The maximum atomic E-state index is 6.19. The van der Waals surface area contributed by atoms with Gasteiger partial charge in [-0.1, -0.05) is 19.3 Å². The SMILES string of the molecule is Cc1c(C2(CN)CCCCC2)cc2c(c1C)OCCO2. The van der Waals surface area contributed by atoms with Crippen molar-refractivity contribution in [2.24, 2.45) is 5.73 Å². The predicted octanol–water partition coefficient (Wildman–Crippen LogP) is 3.24. The van der Waals surface area contributed by atoms with Crippen LogP contribution in [0.3, 0.4) is 0 Å². The lowest BCUT2D eigenvalue weighted by Crippen LogP contribution is -2.38. The highest BCUT2D eigenvalue weighted by Crippen LogP contribution is 2.46. The first-order valence-electron chi connectivity index (χ1n) is 7.78. The van der Waals surface area contributed by atoms with Gasteiger partial charge in [0.15, 0.2) is 11.5 Å². The molecule has 0 atom stereocenters. The molecule has 0 amide bonds. The van der Waals surface area contributed by atoms with E-state index in [9.17, 15) is 0 Å². The van der Waals surface area contributed by atoms with Crippen molar-refractivity contribution in [3.63, 3.8) is 0 Å². The van der Waals surface area contributed by atoms with Crippen LogP contribution in [0.15, 0.2) is 6.07 Å². The third-order valence-electron chi connectivity index (χ3n) is 5.17. The third kappa shape index (κ3) is 2.08. The van der Waals surface area contributed by atoms with E-state index in [1.165, 1.54) is 48.8 Å². The van der Waals surface area contributed by atoms with Gasteiger partial charge < -0.3 is 15.2 Å². The second-order valence-corrected chi connectivity index (χ2v) is 6.24. The molecule has 0 unspecified atom stereocenters. The van der Waals surface area contributed by atoms with Gasteiger partial charge in [0, 0.05) is 12.0 Å². The molecule has 3 heteroatoms. The van der Waals surface area contributed by atoms with E-state index in [1.807, 2.05) is 0 Å². The molecule has 0 aromatic heterocycles. The number of hydrogen-bond donors (Lipinski definition) is 1. The van der Waals surface area contributed by atoms with Gasteiger partial charge >= 0.3 is 0 Å². The molecule has 1 fully saturated rings. The predicted molar refractivity (Wildman–Crippen MR) is 80.7 cm³/mol. The van der Waals surface area contributed by atoms with Crippen LogP contribution in [0.5, 0.6) is 11.5 Å². The molecule has 1 aliphatic heterocycles. The molecule has 1 aromatic rings. The van der Waals surface area contributed by atoms with Crippen molar-refractivity contribution in [2.45, 2.75) is 51.4 Å². The van der Waals surface area contributed by atoms with Gasteiger partial charge in [0.05, 0.1) is 0 Å². The van der Waals surface area contributed by atoms with E-state index in [0.29, 0.717) is 13.2 Å². The van der Waals surface area contributed by atoms with Crippen molar-refractivity contribution < 1.29 is 9.47 Å². The van der Waals surface area contributed by atoms with Gasteiger partial charge in [-0.2, -0.15) is 0 Å². The Bertz CT molecular complexity index is 504. The van der Waals surface area contributed by atoms with Crippen molar-refractivity contribution in [1.82, 2.24) is 0 Å². The summed E-state index contributed by atoms with van der Waals surface area (Å²) in [5, 5.41) is 0. The first-order valence-corrected chi connectivity index (χ1v) is 7.78. The Balaban J connectivity index is 2.10. The summed E-state index contributed by atoms with van der Waals surface area (Å²) in [6.45, 7) is 6.36. The number of hydrogen-bond acceptors (Lipinski definition) is 3. The van der Waals surface area contributed by atoms with Crippen molar-refractivity contribution in [1.29, 1.82) is 0 Å². The summed E-state index contributed by atoms with van der Waals surface area (Å²) in [4.78, 5) is 0. The first kappa shape index (κ1) is 13.7. The Labute approximate surface area is 121 Å². The fourth-order valence-electron chi connectivity index (χ4n) is 3.81. The Morgan fingerprint density at radius 2 is 1.75 bits per heavy atom. The van der Waals surface area contributed by atoms with E-state index in [2.05, 4.69) is 19.9 Å². The molecule has 0 bridgehead atoms. The molecule has 2 aliphatic rings. The van der Waals surface area contributed by atoms with Gasteiger partial charge in [0.25, 0.3) is 0 Å². The summed E-state index contributed by atoms with van der Waals surface area (Å²) in [5.74, 6) is 1.84. The zero-order valence-electron chi connectivity index (χ0n) is 12.6. The fourth-order valence-corrected chi connectivity index (χ4v) is 3.81. The Kier molecular flexibility index (Phi) is 3.63. The minimum atomic E-state index is 0.142. The van der Waals surface area contributed by atoms with E-state index < -0.39 is 0 Å². The second kappa shape index (κ2) is 5.28. The molecule has 1 heterocycles. The molecule has 0 radical (unpaired) electrons. The van der Waals surface area contributed by atoms with Crippen LogP contribution in [0, 0.1) is 13.8 Å². The molecule has 0 spiro atoms. The lowest BCUT2D eigenvalue weighted by Gasteiger charge is -2.39. The van der Waals surface area contributed by atoms with E-state index in [0.717, 1.165) is 18.0 Å². The standard InChI is InChI=1S/C17H25NO2/c1-12-13(2)16-15(19-8-9-20-16)10-14(12)17(11-18)6-4-3-5-7-17/h10H,3-9,11,18H2,1-2H3. The highest BCUT2D eigenvalue weighted by molar-refractivity contribution is 5.56. The number of rotatable bonds is 2. The number of ether oxygens (including phenoxy) is 2. The Hall–Kier alpha value is -1.22. The lowest BCUT2D eigenvalue weighted by atomic mass is 9.67. The molecular formula is C17H25NO2. The average molecular weight is 275 g/mol. The molecule has 2 N–H and O–H groups in total. The van der Waals surface area contributed by atoms with Crippen LogP contribution in [-0.4, -0.2) is 19.8 Å². The maximum Gasteiger partial charge on any atom is 0.164 e. The molecule has 3 rings (SSSR count). The summed E-state index contributed by atoms with van der Waals surface area (Å²) < 4.78 is 11.6. The first-order chi connectivity index (χ1) is 9.68. The van der Waals surface area contributed by atoms with Gasteiger partial charge in [0.1, 0.15) is 13.2 Å². The van der Waals surface area contributed by atoms with Crippen LogP contribution in [-0.2, 0) is 5.41 Å². The lowest BCUT2D eigenvalue weighted by molar-refractivity contribution is 0.169. The quantitative estimate of drug-likeness (QED) is 0.901. The zero-order valence-corrected chi connectivity index (χ0v) is 12.6. The smallest absolute Gasteiger partial charge is 0.164 e. The van der Waals surface area contributed by atoms with Crippen molar-refractivity contribution >= 4 is 0 Å². The summed E-state index contributed by atoms with van der Waals surface area (Å²) in [6.07, 6.45) is 6.30. The fraction of sp³-hybridized carbons (Fsp3) is 0.647. The molecule has 0 saturated heterocycles. The minimum absolute atomic E-state index is 0.142. The molecule has 20 heavy (non-hydrogen) atoms. The van der Waals surface area contributed by atoms with Gasteiger partial charge in [-0.05, 0) is 49.4 Å². The van der Waals surface area contributed by atoms with Gasteiger partial charge in [-0.25, -0.2) is 0 Å². The van der Waals surface area contributed by atoms with E-state index in [1.54, 1.807) is 0 Å². The van der Waals surface area contributed by atoms with Gasteiger partial charge in [-0.15, -0.1) is 0 Å². The van der Waals surface area contributed by atoms with Gasteiger partial charge in [-0.3, -0.25) is 0 Å². The normalized spacial score (nSPS) is 20.8. The third-order valence-corrected chi connectivity index (χ3v) is 5.17. The van der Waals surface area contributed by atoms with Crippen molar-refractivity contribution in [2.75, 3.05) is 19.8 Å². The van der Waals surface area contributed by atoms with E-state index in [-0.39, 0.29) is 5.41 Å². The summed E-state index contributed by atoms with van der Waals surface area (Å²) >= 11 is 0. The van der Waals surface area contributed by atoms with E-state index in [4.69, 9.17) is 15.2 Å². The number of nitrogens with two attached hydrogens (primary N) is 1. The largest absolute Gasteiger partial charge is 0.486 e. The average Bonchev–Trinajstić information content (AvgIpc) is 2.51. The van der Waals surface area contributed by atoms with Crippen molar-refractivity contribution in [3.8, 4) is 11.5 Å². The van der Waals surface area contributed by atoms with Crippen LogP contribution >= 0.6 is 0 Å². The van der Waals surface area contributed by atoms with Crippen LogP contribution in [0.2, 0.25) is 0 Å². The summed E-state index contributed by atoms with van der Waals surface area (Å²) in [6, 6.07) is 2.20. The second-order valence-electron chi connectivity index (χ2n) is 6.24. The molecule has 1 aromatic carbocycles. The highest BCUT2D eigenvalue weighted by Gasteiger charge is 2.35. The van der Waals surface area contributed by atoms with Crippen LogP contribution in [0.1, 0.15) is 48.8 Å².